The number of hydrogen-bond donors (Lipinski definition) is 1. The smallest absolute Gasteiger partial charge is 0.146 e. The molecule has 0 aliphatic carbocycles. The fourth-order valence-electron chi connectivity index (χ4n) is 1.69. The minimum atomic E-state index is 0.716. The Labute approximate surface area is 101 Å². The third kappa shape index (κ3) is 2.91. The molecule has 0 aliphatic rings. The Morgan fingerprint density at radius 1 is 1.35 bits per heavy atom. The Hall–Kier alpha value is -1.69. The number of hydrogen-bond acceptors (Lipinski definition) is 4. The van der Waals surface area contributed by atoms with Crippen LogP contribution < -0.4 is 5.32 Å². The van der Waals surface area contributed by atoms with Crippen molar-refractivity contribution in [1.29, 1.82) is 0 Å². The Bertz CT molecular complexity index is 458. The molecule has 1 N–H and O–H groups in total. The second-order valence-electron chi connectivity index (χ2n) is 4.01. The summed E-state index contributed by atoms with van der Waals surface area (Å²) in [6, 6.07) is 2.04. The molecule has 0 amide bonds. The van der Waals surface area contributed by atoms with Crippen LogP contribution in [0.5, 0.6) is 0 Å². The maximum absolute atomic E-state index is 4.28. The first-order chi connectivity index (χ1) is 8.31. The van der Waals surface area contributed by atoms with Gasteiger partial charge in [-0.2, -0.15) is 5.10 Å². The van der Waals surface area contributed by atoms with Gasteiger partial charge in [-0.25, -0.2) is 0 Å². The van der Waals surface area contributed by atoms with Gasteiger partial charge in [0.1, 0.15) is 12.2 Å². The van der Waals surface area contributed by atoms with E-state index in [4.69, 9.17) is 0 Å². The summed E-state index contributed by atoms with van der Waals surface area (Å²) in [6.07, 6.45) is 4.64. The Balaban J connectivity index is 1.86. The number of aryl methyl sites for hydroxylation is 2. The molecule has 2 aromatic rings. The summed E-state index contributed by atoms with van der Waals surface area (Å²) in [6.45, 7) is 4.63. The Kier molecular flexibility index (Phi) is 3.87. The molecular weight excluding hydrogens is 216 g/mol. The average Bonchev–Trinajstić information content (AvgIpc) is 2.90. The highest BCUT2D eigenvalue weighted by Crippen LogP contribution is 2.00. The van der Waals surface area contributed by atoms with Gasteiger partial charge < -0.3 is 9.88 Å². The summed E-state index contributed by atoms with van der Waals surface area (Å²) in [5, 5.41) is 15.5. The van der Waals surface area contributed by atoms with Crippen molar-refractivity contribution >= 4 is 0 Å². The van der Waals surface area contributed by atoms with Crippen LogP contribution in [0.4, 0.5) is 0 Å². The minimum absolute atomic E-state index is 0.716. The van der Waals surface area contributed by atoms with Gasteiger partial charge in [-0.3, -0.25) is 4.68 Å². The molecule has 0 aromatic carbocycles. The first-order valence-electron chi connectivity index (χ1n) is 5.85. The molecule has 17 heavy (non-hydrogen) atoms. The second-order valence-corrected chi connectivity index (χ2v) is 4.01. The molecule has 0 spiro atoms. The molecule has 0 radical (unpaired) electrons. The zero-order valence-electron chi connectivity index (χ0n) is 10.3. The van der Waals surface area contributed by atoms with Gasteiger partial charge in [0.2, 0.25) is 0 Å². The Morgan fingerprint density at radius 2 is 2.24 bits per heavy atom. The van der Waals surface area contributed by atoms with E-state index in [0.29, 0.717) is 6.54 Å². The van der Waals surface area contributed by atoms with Crippen molar-refractivity contribution in [2.45, 2.75) is 33.0 Å². The summed E-state index contributed by atoms with van der Waals surface area (Å²) in [4.78, 5) is 0. The first kappa shape index (κ1) is 11.8. The largest absolute Gasteiger partial charge is 0.320 e. The number of nitrogens with one attached hydrogen (secondary N) is 1. The van der Waals surface area contributed by atoms with Crippen molar-refractivity contribution < 1.29 is 0 Å². The van der Waals surface area contributed by atoms with Crippen molar-refractivity contribution in [3.63, 3.8) is 0 Å². The molecule has 0 fully saturated rings. The fourth-order valence-corrected chi connectivity index (χ4v) is 1.69. The van der Waals surface area contributed by atoms with E-state index in [1.54, 1.807) is 6.33 Å². The van der Waals surface area contributed by atoms with Crippen LogP contribution in [0.25, 0.3) is 0 Å². The van der Waals surface area contributed by atoms with E-state index in [1.165, 1.54) is 5.69 Å². The predicted molar refractivity (Wildman–Crippen MR) is 64.1 cm³/mol. The van der Waals surface area contributed by atoms with E-state index >= 15 is 0 Å². The van der Waals surface area contributed by atoms with E-state index in [-0.39, 0.29) is 0 Å². The molecule has 2 heterocycles. The SMILES string of the molecule is CCCn1nccc1CNCc1nncn1C. The molecule has 6 heteroatoms. The summed E-state index contributed by atoms with van der Waals surface area (Å²) >= 11 is 0. The fraction of sp³-hybridized carbons (Fsp3) is 0.545. The van der Waals surface area contributed by atoms with E-state index in [2.05, 4.69) is 27.5 Å². The molecule has 0 saturated heterocycles. The van der Waals surface area contributed by atoms with Gasteiger partial charge in [-0.05, 0) is 12.5 Å². The quantitative estimate of drug-likeness (QED) is 0.799. The molecule has 2 aromatic heterocycles. The predicted octanol–water partition coefficient (Wildman–Crippen LogP) is 0.711. The highest BCUT2D eigenvalue weighted by molar-refractivity contribution is 5.00. The molecule has 0 atom stereocenters. The van der Waals surface area contributed by atoms with Crippen molar-refractivity contribution in [2.75, 3.05) is 0 Å². The molecule has 0 bridgehead atoms. The van der Waals surface area contributed by atoms with Crippen LogP contribution in [-0.2, 0) is 26.7 Å². The third-order valence-corrected chi connectivity index (χ3v) is 2.63. The Morgan fingerprint density at radius 3 is 2.94 bits per heavy atom. The summed E-state index contributed by atoms with van der Waals surface area (Å²) in [5.74, 6) is 0.937. The molecule has 0 saturated carbocycles. The van der Waals surface area contributed by atoms with Gasteiger partial charge in [-0.1, -0.05) is 6.92 Å². The van der Waals surface area contributed by atoms with Crippen molar-refractivity contribution in [3.8, 4) is 0 Å². The van der Waals surface area contributed by atoms with Crippen LogP contribution >= 0.6 is 0 Å². The van der Waals surface area contributed by atoms with Gasteiger partial charge in [0.25, 0.3) is 0 Å². The lowest BCUT2D eigenvalue weighted by atomic mass is 10.4. The maximum Gasteiger partial charge on any atom is 0.146 e. The molecule has 2 rings (SSSR count). The summed E-state index contributed by atoms with van der Waals surface area (Å²) in [7, 11) is 1.94. The van der Waals surface area contributed by atoms with Crippen LogP contribution in [0.15, 0.2) is 18.6 Å². The summed E-state index contributed by atoms with van der Waals surface area (Å²) < 4.78 is 3.94. The molecule has 0 aliphatic heterocycles. The zero-order valence-corrected chi connectivity index (χ0v) is 10.3. The van der Waals surface area contributed by atoms with Gasteiger partial charge in [0, 0.05) is 26.3 Å². The minimum Gasteiger partial charge on any atom is -0.320 e. The van der Waals surface area contributed by atoms with E-state index in [1.807, 2.05) is 28.6 Å². The molecule has 0 unspecified atom stereocenters. The number of rotatable bonds is 6. The number of aromatic nitrogens is 5. The van der Waals surface area contributed by atoms with Crippen LogP contribution in [-0.4, -0.2) is 24.5 Å². The first-order valence-corrected chi connectivity index (χ1v) is 5.85. The standard InChI is InChI=1S/C11H18N6/c1-3-6-17-10(4-5-14-17)7-12-8-11-15-13-9-16(11)2/h4-5,9,12H,3,6-8H2,1-2H3. The average molecular weight is 234 g/mol. The second kappa shape index (κ2) is 5.58. The molecule has 92 valence electrons. The van der Waals surface area contributed by atoms with Gasteiger partial charge in [-0.15, -0.1) is 10.2 Å². The van der Waals surface area contributed by atoms with Gasteiger partial charge >= 0.3 is 0 Å². The van der Waals surface area contributed by atoms with Gasteiger partial charge in [0.05, 0.1) is 12.2 Å². The maximum atomic E-state index is 4.28. The zero-order chi connectivity index (χ0) is 12.1. The van der Waals surface area contributed by atoms with E-state index < -0.39 is 0 Å². The van der Waals surface area contributed by atoms with Crippen LogP contribution in [0, 0.1) is 0 Å². The van der Waals surface area contributed by atoms with Crippen molar-refractivity contribution in [1.82, 2.24) is 29.9 Å². The molecular formula is C11H18N6. The number of nitrogens with zero attached hydrogens (tertiary/aromatic N) is 5. The normalized spacial score (nSPS) is 10.9. The highest BCUT2D eigenvalue weighted by atomic mass is 15.3. The molecule has 6 nitrogen and oxygen atoms in total. The van der Waals surface area contributed by atoms with E-state index in [0.717, 1.165) is 25.3 Å². The van der Waals surface area contributed by atoms with E-state index in [9.17, 15) is 0 Å². The summed E-state index contributed by atoms with van der Waals surface area (Å²) in [5.41, 5.74) is 1.20. The third-order valence-electron chi connectivity index (χ3n) is 2.63. The lowest BCUT2D eigenvalue weighted by molar-refractivity contribution is 0.542. The lowest BCUT2D eigenvalue weighted by Crippen LogP contribution is -2.18. The lowest BCUT2D eigenvalue weighted by Gasteiger charge is -2.07. The highest BCUT2D eigenvalue weighted by Gasteiger charge is 2.03. The van der Waals surface area contributed by atoms with Crippen molar-refractivity contribution in [3.05, 3.63) is 30.1 Å². The van der Waals surface area contributed by atoms with Crippen LogP contribution in [0.1, 0.15) is 24.9 Å². The monoisotopic (exact) mass is 234 g/mol. The van der Waals surface area contributed by atoms with Crippen molar-refractivity contribution in [2.24, 2.45) is 7.05 Å². The topological polar surface area (TPSA) is 60.6 Å². The van der Waals surface area contributed by atoms with Gasteiger partial charge in [0.15, 0.2) is 0 Å². The van der Waals surface area contributed by atoms with Crippen LogP contribution in [0.2, 0.25) is 0 Å². The van der Waals surface area contributed by atoms with Crippen LogP contribution in [0.3, 0.4) is 0 Å².